The predicted molar refractivity (Wildman–Crippen MR) is 129 cm³/mol. The summed E-state index contributed by atoms with van der Waals surface area (Å²) in [6, 6.07) is 10.9. The number of amides is 1. The summed E-state index contributed by atoms with van der Waals surface area (Å²) in [6.07, 6.45) is -1.06. The molecular weight excluding hydrogens is 572 g/mol. The van der Waals surface area contributed by atoms with Gasteiger partial charge in [-0.05, 0) is 87.8 Å². The van der Waals surface area contributed by atoms with Gasteiger partial charge in [-0.3, -0.25) is 4.79 Å². The molecule has 0 saturated carbocycles. The molecular formula is C18H16Br2Cl3N3OS. The Morgan fingerprint density at radius 3 is 2.04 bits per heavy atom. The maximum Gasteiger partial charge on any atom is 0.252 e. The second kappa shape index (κ2) is 9.96. The molecule has 2 aromatic carbocycles. The van der Waals surface area contributed by atoms with E-state index in [1.807, 2.05) is 38.1 Å². The summed E-state index contributed by atoms with van der Waals surface area (Å²) in [5, 5.41) is 8.69. The van der Waals surface area contributed by atoms with Crippen molar-refractivity contribution in [1.29, 1.82) is 0 Å². The number of carbonyl (C=O) groups excluding carboxylic acids is 1. The molecule has 0 saturated heterocycles. The van der Waals surface area contributed by atoms with Crippen LogP contribution >= 0.6 is 78.9 Å². The third-order valence-corrected chi connectivity index (χ3v) is 5.74. The number of nitrogens with one attached hydrogen (secondary N) is 3. The van der Waals surface area contributed by atoms with Crippen LogP contribution < -0.4 is 16.0 Å². The molecule has 0 aromatic heterocycles. The second-order valence-electron chi connectivity index (χ2n) is 6.02. The van der Waals surface area contributed by atoms with Crippen molar-refractivity contribution in [3.63, 3.8) is 0 Å². The molecule has 0 radical (unpaired) electrons. The van der Waals surface area contributed by atoms with Crippen molar-refractivity contribution in [1.82, 2.24) is 10.6 Å². The molecule has 0 aliphatic rings. The quantitative estimate of drug-likeness (QED) is 0.225. The third kappa shape index (κ3) is 6.75. The molecule has 28 heavy (non-hydrogen) atoms. The zero-order valence-electron chi connectivity index (χ0n) is 14.7. The van der Waals surface area contributed by atoms with Gasteiger partial charge in [-0.1, -0.05) is 52.5 Å². The Morgan fingerprint density at radius 2 is 1.54 bits per heavy atom. The summed E-state index contributed by atoms with van der Waals surface area (Å²) < 4.78 is -0.233. The van der Waals surface area contributed by atoms with Crippen molar-refractivity contribution in [3.05, 3.63) is 62.0 Å². The highest BCUT2D eigenvalue weighted by molar-refractivity contribution is 9.11. The monoisotopic (exact) mass is 585 g/mol. The molecule has 1 unspecified atom stereocenters. The number of thiocarbonyl (C=S) groups is 1. The maximum atomic E-state index is 12.5. The van der Waals surface area contributed by atoms with E-state index in [9.17, 15) is 4.79 Å². The lowest BCUT2D eigenvalue weighted by Crippen LogP contribution is -2.56. The molecule has 2 rings (SSSR count). The van der Waals surface area contributed by atoms with Crippen molar-refractivity contribution in [2.24, 2.45) is 0 Å². The first-order valence-corrected chi connectivity index (χ1v) is 11.1. The van der Waals surface area contributed by atoms with Gasteiger partial charge in [0.05, 0.1) is 5.69 Å². The third-order valence-electron chi connectivity index (χ3n) is 3.62. The lowest BCUT2D eigenvalue weighted by atomic mass is 10.1. The zero-order chi connectivity index (χ0) is 21.1. The van der Waals surface area contributed by atoms with E-state index in [1.54, 1.807) is 12.1 Å². The van der Waals surface area contributed by atoms with Gasteiger partial charge < -0.3 is 16.0 Å². The SMILES string of the molecule is Cc1ccc(C(=O)NC(NC(=S)Nc2c(Br)cc(C)cc2Br)C(Cl)(Cl)Cl)cc1. The van der Waals surface area contributed by atoms with Gasteiger partial charge in [0.15, 0.2) is 5.11 Å². The van der Waals surface area contributed by atoms with Crippen LogP contribution in [-0.2, 0) is 0 Å². The summed E-state index contributed by atoms with van der Waals surface area (Å²) in [4.78, 5) is 12.5. The van der Waals surface area contributed by atoms with Crippen LogP contribution in [0.15, 0.2) is 45.3 Å². The van der Waals surface area contributed by atoms with E-state index in [-0.39, 0.29) is 5.11 Å². The van der Waals surface area contributed by atoms with Crippen LogP contribution in [0.4, 0.5) is 5.69 Å². The molecule has 150 valence electrons. The average molecular weight is 589 g/mol. The highest BCUT2D eigenvalue weighted by Crippen LogP contribution is 2.33. The highest BCUT2D eigenvalue weighted by atomic mass is 79.9. The summed E-state index contributed by atoms with van der Waals surface area (Å²) >= 11 is 30.4. The molecule has 1 amide bonds. The lowest BCUT2D eigenvalue weighted by molar-refractivity contribution is 0.0934. The van der Waals surface area contributed by atoms with Crippen LogP contribution in [0.2, 0.25) is 0 Å². The largest absolute Gasteiger partial charge is 0.339 e. The summed E-state index contributed by atoms with van der Waals surface area (Å²) in [5.74, 6) is -0.399. The van der Waals surface area contributed by atoms with Gasteiger partial charge in [0.1, 0.15) is 6.17 Å². The molecule has 0 aliphatic heterocycles. The van der Waals surface area contributed by atoms with E-state index < -0.39 is 15.9 Å². The molecule has 1 atom stereocenters. The van der Waals surface area contributed by atoms with E-state index >= 15 is 0 Å². The number of anilines is 1. The fourth-order valence-corrected chi connectivity index (χ4v) is 4.38. The van der Waals surface area contributed by atoms with Crippen LogP contribution in [0.1, 0.15) is 21.5 Å². The van der Waals surface area contributed by atoms with Crippen molar-refractivity contribution in [3.8, 4) is 0 Å². The highest BCUT2D eigenvalue weighted by Gasteiger charge is 2.35. The zero-order valence-corrected chi connectivity index (χ0v) is 21.0. The first kappa shape index (κ1) is 23.7. The van der Waals surface area contributed by atoms with Crippen LogP contribution in [-0.4, -0.2) is 21.0 Å². The Balaban J connectivity index is 2.13. The Bertz CT molecular complexity index is 866. The van der Waals surface area contributed by atoms with Crippen LogP contribution in [0, 0.1) is 13.8 Å². The van der Waals surface area contributed by atoms with Crippen LogP contribution in [0.3, 0.4) is 0 Å². The average Bonchev–Trinajstić information content (AvgIpc) is 2.57. The van der Waals surface area contributed by atoms with E-state index in [0.29, 0.717) is 11.3 Å². The Hall–Kier alpha value is -0.570. The van der Waals surface area contributed by atoms with E-state index in [1.165, 1.54) is 0 Å². The molecule has 0 spiro atoms. The van der Waals surface area contributed by atoms with Crippen molar-refractivity contribution in [2.75, 3.05) is 5.32 Å². The topological polar surface area (TPSA) is 53.2 Å². The van der Waals surface area contributed by atoms with Gasteiger partial charge in [-0.15, -0.1) is 0 Å². The van der Waals surface area contributed by atoms with Crippen molar-refractivity contribution < 1.29 is 4.79 Å². The Kier molecular flexibility index (Phi) is 8.43. The van der Waals surface area contributed by atoms with Gasteiger partial charge in [0.25, 0.3) is 5.91 Å². The van der Waals surface area contributed by atoms with Gasteiger partial charge >= 0.3 is 0 Å². The van der Waals surface area contributed by atoms with E-state index in [2.05, 4.69) is 47.8 Å². The number of rotatable bonds is 4. The lowest BCUT2D eigenvalue weighted by Gasteiger charge is -2.28. The number of carbonyl (C=O) groups is 1. The number of aryl methyl sites for hydroxylation is 2. The maximum absolute atomic E-state index is 12.5. The number of alkyl halides is 3. The first-order valence-electron chi connectivity index (χ1n) is 7.95. The van der Waals surface area contributed by atoms with Gasteiger partial charge in [-0.25, -0.2) is 0 Å². The van der Waals surface area contributed by atoms with Gasteiger partial charge in [-0.2, -0.15) is 0 Å². The molecule has 10 heteroatoms. The molecule has 0 heterocycles. The van der Waals surface area contributed by atoms with Gasteiger partial charge in [0, 0.05) is 14.5 Å². The van der Waals surface area contributed by atoms with E-state index in [4.69, 9.17) is 47.0 Å². The molecule has 2 aromatic rings. The second-order valence-corrected chi connectivity index (χ2v) is 10.5. The number of hydrogen-bond acceptors (Lipinski definition) is 2. The molecule has 0 fully saturated rings. The van der Waals surface area contributed by atoms with Crippen molar-refractivity contribution >= 4 is 95.6 Å². The minimum Gasteiger partial charge on any atom is -0.339 e. The molecule has 4 nitrogen and oxygen atoms in total. The summed E-state index contributed by atoms with van der Waals surface area (Å²) in [7, 11) is 0. The number of benzene rings is 2. The van der Waals surface area contributed by atoms with Crippen LogP contribution in [0.5, 0.6) is 0 Å². The number of halogens is 5. The summed E-state index contributed by atoms with van der Waals surface area (Å²) in [6.45, 7) is 3.90. The fourth-order valence-electron chi connectivity index (χ4n) is 2.22. The summed E-state index contributed by atoms with van der Waals surface area (Å²) in [5.41, 5.74) is 3.24. The van der Waals surface area contributed by atoms with Gasteiger partial charge in [0.2, 0.25) is 3.79 Å². The van der Waals surface area contributed by atoms with Crippen molar-refractivity contribution in [2.45, 2.75) is 23.8 Å². The van der Waals surface area contributed by atoms with E-state index in [0.717, 1.165) is 20.1 Å². The smallest absolute Gasteiger partial charge is 0.252 e. The normalized spacial score (nSPS) is 12.2. The first-order chi connectivity index (χ1) is 13.0. The fraction of sp³-hybridized carbons (Fsp3) is 0.222. The molecule has 3 N–H and O–H groups in total. The minimum absolute atomic E-state index is 0.172. The molecule has 0 bridgehead atoms. The predicted octanol–water partition coefficient (Wildman–Crippen LogP) is 6.24. The Labute approximate surface area is 200 Å². The Morgan fingerprint density at radius 1 is 1.00 bits per heavy atom. The number of hydrogen-bond donors (Lipinski definition) is 3. The van der Waals surface area contributed by atoms with Crippen LogP contribution in [0.25, 0.3) is 0 Å². The standard InChI is InChI=1S/C18H16Br2Cl3N3OS/c1-9-3-5-11(6-4-9)15(27)25-16(18(21,22)23)26-17(28)24-14-12(19)7-10(2)8-13(14)20/h3-8,16H,1-2H3,(H,25,27)(H2,24,26,28). The molecule has 0 aliphatic carbocycles. The minimum atomic E-state index is -1.84.